The van der Waals surface area contributed by atoms with Crippen LogP contribution in [0.3, 0.4) is 0 Å². The predicted octanol–water partition coefficient (Wildman–Crippen LogP) is 3.24. The molecule has 2 aliphatic heterocycles. The smallest absolute Gasteiger partial charge is 0.410 e. The molecule has 2 aliphatic rings. The van der Waals surface area contributed by atoms with Gasteiger partial charge in [-0.2, -0.15) is 0 Å². The fraction of sp³-hybridized carbons (Fsp3) is 0.947. The molecule has 5 nitrogen and oxygen atoms in total. The lowest BCUT2D eigenvalue weighted by Crippen LogP contribution is -2.58. The highest BCUT2D eigenvalue weighted by molar-refractivity contribution is 5.68. The van der Waals surface area contributed by atoms with Crippen molar-refractivity contribution in [2.45, 2.75) is 97.0 Å². The molecule has 24 heavy (non-hydrogen) atoms. The van der Waals surface area contributed by atoms with Gasteiger partial charge < -0.3 is 19.9 Å². The van der Waals surface area contributed by atoms with Crippen LogP contribution >= 0.6 is 0 Å². The van der Waals surface area contributed by atoms with Crippen LogP contribution < -0.4 is 5.32 Å². The van der Waals surface area contributed by atoms with E-state index in [0.29, 0.717) is 18.1 Å². The number of carbonyl (C=O) groups is 1. The molecule has 0 aromatic carbocycles. The van der Waals surface area contributed by atoms with Gasteiger partial charge in [0, 0.05) is 30.7 Å². The highest BCUT2D eigenvalue weighted by Crippen LogP contribution is 2.23. The van der Waals surface area contributed by atoms with Gasteiger partial charge in [0.2, 0.25) is 0 Å². The average molecular weight is 340 g/mol. The van der Waals surface area contributed by atoms with E-state index in [0.717, 1.165) is 19.4 Å². The molecule has 2 atom stereocenters. The quantitative estimate of drug-likeness (QED) is 0.857. The standard InChI is InChI=1S/C19H37N3O2/c1-14(2)21-12-9-16(10-13-21)20-17-8-7-11-22(15(17)3)18(23)24-19(4,5)6/h14-17,20H,7-13H2,1-6H3. The van der Waals surface area contributed by atoms with Gasteiger partial charge in [-0.25, -0.2) is 4.79 Å². The number of piperidine rings is 2. The van der Waals surface area contributed by atoms with Crippen LogP contribution in [0, 0.1) is 0 Å². The number of amides is 1. The number of nitrogens with zero attached hydrogens (tertiary/aromatic N) is 2. The Morgan fingerprint density at radius 2 is 1.75 bits per heavy atom. The Morgan fingerprint density at radius 1 is 1.12 bits per heavy atom. The molecule has 0 radical (unpaired) electrons. The maximum atomic E-state index is 12.4. The largest absolute Gasteiger partial charge is 0.444 e. The molecule has 1 amide bonds. The van der Waals surface area contributed by atoms with Crippen molar-refractivity contribution in [1.29, 1.82) is 0 Å². The molecule has 140 valence electrons. The van der Waals surface area contributed by atoms with Crippen molar-refractivity contribution in [3.63, 3.8) is 0 Å². The third-order valence-corrected chi connectivity index (χ3v) is 5.33. The maximum Gasteiger partial charge on any atom is 0.410 e. The monoisotopic (exact) mass is 339 g/mol. The van der Waals surface area contributed by atoms with Gasteiger partial charge >= 0.3 is 6.09 Å². The zero-order valence-electron chi connectivity index (χ0n) is 16.5. The first-order valence-electron chi connectivity index (χ1n) is 9.67. The third-order valence-electron chi connectivity index (χ3n) is 5.33. The van der Waals surface area contributed by atoms with Gasteiger partial charge in [-0.3, -0.25) is 0 Å². The van der Waals surface area contributed by atoms with E-state index in [2.05, 4.69) is 31.0 Å². The number of nitrogens with one attached hydrogen (secondary N) is 1. The third kappa shape index (κ3) is 5.35. The highest BCUT2D eigenvalue weighted by atomic mass is 16.6. The van der Waals surface area contributed by atoms with Crippen LogP contribution in [0.2, 0.25) is 0 Å². The lowest BCUT2D eigenvalue weighted by molar-refractivity contribution is 0.00549. The second-order valence-corrected chi connectivity index (χ2v) is 8.73. The first kappa shape index (κ1) is 19.5. The second-order valence-electron chi connectivity index (χ2n) is 8.73. The van der Waals surface area contributed by atoms with Crippen molar-refractivity contribution in [2.24, 2.45) is 0 Å². The van der Waals surface area contributed by atoms with E-state index in [1.807, 2.05) is 25.7 Å². The molecule has 0 aliphatic carbocycles. The minimum atomic E-state index is -0.430. The molecule has 0 bridgehead atoms. The van der Waals surface area contributed by atoms with Gasteiger partial charge in [0.15, 0.2) is 0 Å². The summed E-state index contributed by atoms with van der Waals surface area (Å²) in [7, 11) is 0. The number of carbonyl (C=O) groups excluding carboxylic acids is 1. The molecule has 0 spiro atoms. The molecule has 5 heteroatoms. The molecule has 2 rings (SSSR count). The van der Waals surface area contributed by atoms with Crippen LogP contribution in [0.4, 0.5) is 4.79 Å². The highest BCUT2D eigenvalue weighted by Gasteiger charge is 2.35. The van der Waals surface area contributed by atoms with Crippen molar-refractivity contribution in [3.8, 4) is 0 Å². The molecule has 0 aromatic heterocycles. The van der Waals surface area contributed by atoms with E-state index < -0.39 is 5.60 Å². The number of hydrogen-bond donors (Lipinski definition) is 1. The van der Waals surface area contributed by atoms with Gasteiger partial charge in [-0.05, 0) is 80.3 Å². The average Bonchev–Trinajstić information content (AvgIpc) is 2.48. The van der Waals surface area contributed by atoms with Crippen molar-refractivity contribution < 1.29 is 9.53 Å². The van der Waals surface area contributed by atoms with Crippen molar-refractivity contribution in [2.75, 3.05) is 19.6 Å². The Bertz CT molecular complexity index is 411. The van der Waals surface area contributed by atoms with E-state index in [1.54, 1.807) is 0 Å². The maximum absolute atomic E-state index is 12.4. The number of hydrogen-bond acceptors (Lipinski definition) is 4. The summed E-state index contributed by atoms with van der Waals surface area (Å²) in [6, 6.07) is 1.78. The molecular weight excluding hydrogens is 302 g/mol. The van der Waals surface area contributed by atoms with E-state index in [9.17, 15) is 4.79 Å². The predicted molar refractivity (Wildman–Crippen MR) is 98.3 cm³/mol. The normalized spacial score (nSPS) is 27.5. The molecule has 2 unspecified atom stereocenters. The molecule has 2 fully saturated rings. The Labute approximate surface area is 148 Å². The van der Waals surface area contributed by atoms with Gasteiger partial charge in [0.1, 0.15) is 5.60 Å². The minimum Gasteiger partial charge on any atom is -0.444 e. The lowest BCUT2D eigenvalue weighted by atomic mass is 9.94. The molecule has 0 aromatic rings. The van der Waals surface area contributed by atoms with Gasteiger partial charge in [0.05, 0.1) is 0 Å². The first-order chi connectivity index (χ1) is 11.2. The Balaban J connectivity index is 1.86. The topological polar surface area (TPSA) is 44.8 Å². The Kier molecular flexibility index (Phi) is 6.54. The summed E-state index contributed by atoms with van der Waals surface area (Å²) in [6.07, 6.45) is 4.43. The molecule has 1 N–H and O–H groups in total. The van der Waals surface area contributed by atoms with Crippen molar-refractivity contribution in [1.82, 2.24) is 15.1 Å². The van der Waals surface area contributed by atoms with Gasteiger partial charge in [-0.1, -0.05) is 0 Å². The molecular formula is C19H37N3O2. The van der Waals surface area contributed by atoms with Crippen LogP contribution in [0.1, 0.15) is 67.2 Å². The summed E-state index contributed by atoms with van der Waals surface area (Å²) in [5.41, 5.74) is -0.430. The van der Waals surface area contributed by atoms with E-state index in [1.165, 1.54) is 25.9 Å². The zero-order chi connectivity index (χ0) is 17.9. The fourth-order valence-electron chi connectivity index (χ4n) is 3.83. The summed E-state index contributed by atoms with van der Waals surface area (Å²) in [5, 5.41) is 3.84. The number of likely N-dealkylation sites (tertiary alicyclic amines) is 2. The SMILES string of the molecule is CC(C)N1CCC(NC2CCCN(C(=O)OC(C)(C)C)C2C)CC1. The van der Waals surface area contributed by atoms with Gasteiger partial charge in [0.25, 0.3) is 0 Å². The Hall–Kier alpha value is -0.810. The summed E-state index contributed by atoms with van der Waals surface area (Å²) >= 11 is 0. The summed E-state index contributed by atoms with van der Waals surface area (Å²) < 4.78 is 5.58. The molecule has 2 saturated heterocycles. The van der Waals surface area contributed by atoms with E-state index in [4.69, 9.17) is 4.74 Å². The second kappa shape index (κ2) is 8.05. The summed E-state index contributed by atoms with van der Waals surface area (Å²) in [5.74, 6) is 0. The summed E-state index contributed by atoms with van der Waals surface area (Å²) in [4.78, 5) is 16.9. The van der Waals surface area contributed by atoms with Crippen LogP contribution in [0.5, 0.6) is 0 Å². The van der Waals surface area contributed by atoms with Crippen LogP contribution in [-0.2, 0) is 4.74 Å². The molecule has 0 saturated carbocycles. The lowest BCUT2D eigenvalue weighted by Gasteiger charge is -2.43. The summed E-state index contributed by atoms with van der Waals surface area (Å²) in [6.45, 7) is 15.6. The zero-order valence-corrected chi connectivity index (χ0v) is 16.5. The van der Waals surface area contributed by atoms with Crippen molar-refractivity contribution >= 4 is 6.09 Å². The number of rotatable bonds is 3. The first-order valence-corrected chi connectivity index (χ1v) is 9.67. The minimum absolute atomic E-state index is 0.170. The molecule has 2 heterocycles. The van der Waals surface area contributed by atoms with Crippen molar-refractivity contribution in [3.05, 3.63) is 0 Å². The van der Waals surface area contributed by atoms with E-state index in [-0.39, 0.29) is 12.1 Å². The van der Waals surface area contributed by atoms with Crippen LogP contribution in [-0.4, -0.2) is 65.3 Å². The van der Waals surface area contributed by atoms with Crippen LogP contribution in [0.25, 0.3) is 0 Å². The fourth-order valence-corrected chi connectivity index (χ4v) is 3.83. The van der Waals surface area contributed by atoms with Crippen LogP contribution in [0.15, 0.2) is 0 Å². The van der Waals surface area contributed by atoms with E-state index >= 15 is 0 Å². The number of ether oxygens (including phenoxy) is 1. The van der Waals surface area contributed by atoms with Gasteiger partial charge in [-0.15, -0.1) is 0 Å². The Morgan fingerprint density at radius 3 is 2.29 bits per heavy atom.